The second-order valence-electron chi connectivity index (χ2n) is 3.57. The summed E-state index contributed by atoms with van der Waals surface area (Å²) in [5.74, 6) is -0.357. The number of anilines is 1. The van der Waals surface area contributed by atoms with E-state index < -0.39 is 0 Å². The maximum Gasteiger partial charge on any atom is 0.164 e. The summed E-state index contributed by atoms with van der Waals surface area (Å²) in [6.45, 7) is 4.26. The molecule has 72 valence electrons. The van der Waals surface area contributed by atoms with E-state index in [2.05, 4.69) is 10.3 Å². The van der Waals surface area contributed by atoms with Crippen LogP contribution in [0.5, 0.6) is 0 Å². The molecule has 0 amide bonds. The Morgan fingerprint density at radius 2 is 2.31 bits per heavy atom. The molecule has 0 radical (unpaired) electrons. The van der Waals surface area contributed by atoms with Gasteiger partial charge in [-0.25, -0.2) is 4.39 Å². The largest absolute Gasteiger partial charge is 0.376 e. The van der Waals surface area contributed by atoms with E-state index in [0.29, 0.717) is 12.2 Å². The summed E-state index contributed by atoms with van der Waals surface area (Å²) in [5.41, 5.74) is 5.64. The van der Waals surface area contributed by atoms with E-state index in [9.17, 15) is 4.39 Å². The molecule has 3 nitrogen and oxygen atoms in total. The molecule has 0 atom stereocenters. The third-order valence-electron chi connectivity index (χ3n) is 1.76. The summed E-state index contributed by atoms with van der Waals surface area (Å²) >= 11 is 0. The summed E-state index contributed by atoms with van der Waals surface area (Å²) in [7, 11) is 0. The number of rotatable bonds is 3. The fraction of sp³-hybridized carbons (Fsp3) is 0.444. The second kappa shape index (κ2) is 3.70. The van der Waals surface area contributed by atoms with Gasteiger partial charge in [-0.3, -0.25) is 4.98 Å². The maximum absolute atomic E-state index is 13.1. The highest BCUT2D eigenvalue weighted by Crippen LogP contribution is 2.16. The first-order valence-corrected chi connectivity index (χ1v) is 4.13. The molecule has 0 saturated carbocycles. The Hall–Kier alpha value is -1.16. The van der Waals surface area contributed by atoms with Crippen molar-refractivity contribution in [1.82, 2.24) is 4.98 Å². The molecule has 0 aliphatic carbocycles. The number of halogens is 1. The molecule has 0 saturated heterocycles. The highest BCUT2D eigenvalue weighted by atomic mass is 19.1. The van der Waals surface area contributed by atoms with Gasteiger partial charge in [0.15, 0.2) is 5.82 Å². The predicted molar refractivity (Wildman–Crippen MR) is 51.0 cm³/mol. The van der Waals surface area contributed by atoms with Crippen LogP contribution in [0.3, 0.4) is 0 Å². The van der Waals surface area contributed by atoms with Crippen molar-refractivity contribution >= 4 is 5.69 Å². The molecule has 4 heteroatoms. The van der Waals surface area contributed by atoms with Crippen LogP contribution in [0.1, 0.15) is 13.8 Å². The smallest absolute Gasteiger partial charge is 0.164 e. The minimum atomic E-state index is -0.357. The first-order valence-electron chi connectivity index (χ1n) is 4.13. The van der Waals surface area contributed by atoms with Crippen molar-refractivity contribution < 1.29 is 4.39 Å². The second-order valence-corrected chi connectivity index (χ2v) is 3.57. The average Bonchev–Trinajstić information content (AvgIpc) is 2.09. The number of nitrogens with one attached hydrogen (secondary N) is 1. The molecule has 13 heavy (non-hydrogen) atoms. The molecule has 0 aliphatic rings. The van der Waals surface area contributed by atoms with Crippen molar-refractivity contribution in [2.45, 2.75) is 19.4 Å². The lowest BCUT2D eigenvalue weighted by atomic mass is 10.1. The fourth-order valence-corrected chi connectivity index (χ4v) is 0.892. The van der Waals surface area contributed by atoms with E-state index >= 15 is 0 Å². The van der Waals surface area contributed by atoms with Crippen LogP contribution in [0, 0.1) is 5.82 Å². The van der Waals surface area contributed by atoms with E-state index in [4.69, 9.17) is 5.73 Å². The zero-order valence-corrected chi connectivity index (χ0v) is 7.84. The van der Waals surface area contributed by atoms with Gasteiger partial charge in [-0.15, -0.1) is 0 Å². The van der Waals surface area contributed by atoms with Gasteiger partial charge in [0.05, 0.1) is 11.9 Å². The number of pyridine rings is 1. The van der Waals surface area contributed by atoms with Crippen LogP contribution in [0.2, 0.25) is 0 Å². The lowest BCUT2D eigenvalue weighted by Gasteiger charge is -2.25. The zero-order valence-electron chi connectivity index (χ0n) is 7.84. The van der Waals surface area contributed by atoms with Crippen molar-refractivity contribution in [2.75, 3.05) is 11.9 Å². The van der Waals surface area contributed by atoms with E-state index in [1.807, 2.05) is 13.8 Å². The summed E-state index contributed by atoms with van der Waals surface area (Å²) < 4.78 is 13.1. The predicted octanol–water partition coefficient (Wildman–Crippen LogP) is 1.37. The molecule has 0 aliphatic heterocycles. The van der Waals surface area contributed by atoms with Gasteiger partial charge >= 0.3 is 0 Å². The molecule has 0 unspecified atom stereocenters. The Kier molecular flexibility index (Phi) is 2.83. The molecule has 1 rings (SSSR count). The summed E-state index contributed by atoms with van der Waals surface area (Å²) in [6, 6.07) is 1.59. The van der Waals surface area contributed by atoms with E-state index in [0.717, 1.165) is 0 Å². The topological polar surface area (TPSA) is 50.9 Å². The molecule has 1 aromatic heterocycles. The van der Waals surface area contributed by atoms with Crippen LogP contribution >= 0.6 is 0 Å². The summed E-state index contributed by atoms with van der Waals surface area (Å²) in [6.07, 6.45) is 2.72. The molecular weight excluding hydrogens is 169 g/mol. The Labute approximate surface area is 77.2 Å². The van der Waals surface area contributed by atoms with Gasteiger partial charge in [0.1, 0.15) is 0 Å². The monoisotopic (exact) mass is 183 g/mol. The third-order valence-corrected chi connectivity index (χ3v) is 1.76. The van der Waals surface area contributed by atoms with Crippen molar-refractivity contribution in [3.8, 4) is 0 Å². The third kappa shape index (κ3) is 2.66. The Balaban J connectivity index is 2.80. The number of nitrogens with zero attached hydrogens (tertiary/aromatic N) is 1. The van der Waals surface area contributed by atoms with Gasteiger partial charge in [0.2, 0.25) is 0 Å². The van der Waals surface area contributed by atoms with Gasteiger partial charge in [0, 0.05) is 18.3 Å². The van der Waals surface area contributed by atoms with E-state index in [1.165, 1.54) is 12.4 Å². The number of aromatic nitrogens is 1. The molecule has 1 aromatic rings. The summed E-state index contributed by atoms with van der Waals surface area (Å²) in [4.78, 5) is 3.65. The van der Waals surface area contributed by atoms with Crippen molar-refractivity contribution in [3.05, 3.63) is 24.3 Å². The van der Waals surface area contributed by atoms with Crippen LogP contribution in [0.25, 0.3) is 0 Å². The number of hydrogen-bond donors (Lipinski definition) is 2. The van der Waals surface area contributed by atoms with Crippen LogP contribution in [0.15, 0.2) is 18.5 Å². The molecular formula is C9H14FN3. The van der Waals surface area contributed by atoms with E-state index in [-0.39, 0.29) is 11.4 Å². The van der Waals surface area contributed by atoms with Crippen molar-refractivity contribution in [1.29, 1.82) is 0 Å². The van der Waals surface area contributed by atoms with Crippen LogP contribution in [0.4, 0.5) is 10.1 Å². The normalized spacial score (nSPS) is 11.4. The highest BCUT2D eigenvalue weighted by Gasteiger charge is 2.16. The highest BCUT2D eigenvalue weighted by molar-refractivity contribution is 5.44. The minimum absolute atomic E-state index is 0.303. The van der Waals surface area contributed by atoms with Gasteiger partial charge < -0.3 is 11.1 Å². The Bertz CT molecular complexity index is 286. The quantitative estimate of drug-likeness (QED) is 0.744. The average molecular weight is 183 g/mol. The van der Waals surface area contributed by atoms with Gasteiger partial charge in [-0.05, 0) is 19.9 Å². The minimum Gasteiger partial charge on any atom is -0.376 e. The van der Waals surface area contributed by atoms with Crippen LogP contribution in [-0.2, 0) is 0 Å². The molecule has 0 fully saturated rings. The van der Waals surface area contributed by atoms with Gasteiger partial charge in [-0.1, -0.05) is 0 Å². The lowest BCUT2D eigenvalue weighted by Crippen LogP contribution is -2.39. The first-order chi connectivity index (χ1) is 6.05. The van der Waals surface area contributed by atoms with Crippen molar-refractivity contribution in [2.24, 2.45) is 5.73 Å². The fourth-order valence-electron chi connectivity index (χ4n) is 0.892. The molecule has 0 aromatic carbocycles. The first kappa shape index (κ1) is 9.92. The standard InChI is InChI=1S/C9H14FN3/c1-9(2,6-11)13-8-3-4-12-5-7(8)10/h3-5H,6,11H2,1-2H3,(H,12,13). The van der Waals surface area contributed by atoms with E-state index in [1.54, 1.807) is 6.07 Å². The Morgan fingerprint density at radius 3 is 2.85 bits per heavy atom. The van der Waals surface area contributed by atoms with Gasteiger partial charge in [0.25, 0.3) is 0 Å². The SMILES string of the molecule is CC(C)(CN)Nc1ccncc1F. The Morgan fingerprint density at radius 1 is 1.62 bits per heavy atom. The molecule has 0 spiro atoms. The van der Waals surface area contributed by atoms with Crippen molar-refractivity contribution in [3.63, 3.8) is 0 Å². The lowest BCUT2D eigenvalue weighted by molar-refractivity contribution is 0.563. The number of hydrogen-bond acceptors (Lipinski definition) is 3. The zero-order chi connectivity index (χ0) is 9.90. The molecule has 1 heterocycles. The van der Waals surface area contributed by atoms with Gasteiger partial charge in [-0.2, -0.15) is 0 Å². The molecule has 3 N–H and O–H groups in total. The van der Waals surface area contributed by atoms with Crippen LogP contribution < -0.4 is 11.1 Å². The van der Waals surface area contributed by atoms with Crippen LogP contribution in [-0.4, -0.2) is 17.1 Å². The molecule has 0 bridgehead atoms. The summed E-state index contributed by atoms with van der Waals surface area (Å²) in [5, 5.41) is 3.00. The number of nitrogens with two attached hydrogens (primary N) is 1. The maximum atomic E-state index is 13.1.